The van der Waals surface area contributed by atoms with Crippen molar-refractivity contribution in [1.82, 2.24) is 0 Å². The van der Waals surface area contributed by atoms with E-state index < -0.39 is 0 Å². The van der Waals surface area contributed by atoms with Gasteiger partial charge in [-0.05, 0) is 31.7 Å². The number of carbonyl (C=O) groups excluding carboxylic acids is 1. The standard InChI is InChI=1S/C16H25NO/c1-11(2)5-15(10-17)16(18)9-14-7-12(3)6-13(4)8-14/h6-8,11,15H,5,9-10,17H2,1-4H3. The number of hydrogen-bond acceptors (Lipinski definition) is 2. The molecule has 2 nitrogen and oxygen atoms in total. The number of carbonyl (C=O) groups is 1. The lowest BCUT2D eigenvalue weighted by Gasteiger charge is -2.16. The van der Waals surface area contributed by atoms with Crippen LogP contribution in [0.15, 0.2) is 18.2 Å². The van der Waals surface area contributed by atoms with Crippen LogP contribution in [0.2, 0.25) is 0 Å². The van der Waals surface area contributed by atoms with Crippen molar-refractivity contribution >= 4 is 5.78 Å². The van der Waals surface area contributed by atoms with E-state index in [-0.39, 0.29) is 11.7 Å². The van der Waals surface area contributed by atoms with E-state index in [4.69, 9.17) is 5.73 Å². The number of ketones is 1. The van der Waals surface area contributed by atoms with Gasteiger partial charge in [-0.15, -0.1) is 0 Å². The molecule has 0 spiro atoms. The summed E-state index contributed by atoms with van der Waals surface area (Å²) in [5.41, 5.74) is 9.25. The molecule has 0 aromatic heterocycles. The number of rotatable bonds is 6. The second kappa shape index (κ2) is 6.69. The first-order valence-corrected chi connectivity index (χ1v) is 6.72. The lowest BCUT2D eigenvalue weighted by Crippen LogP contribution is -2.26. The minimum atomic E-state index is 0.00539. The molecule has 1 rings (SSSR count). The highest BCUT2D eigenvalue weighted by molar-refractivity contribution is 5.83. The van der Waals surface area contributed by atoms with Crippen LogP contribution in [0.4, 0.5) is 0 Å². The predicted molar refractivity (Wildman–Crippen MR) is 76.6 cm³/mol. The maximum absolute atomic E-state index is 12.2. The van der Waals surface area contributed by atoms with Crippen LogP contribution >= 0.6 is 0 Å². The third-order valence-corrected chi connectivity index (χ3v) is 3.16. The van der Waals surface area contributed by atoms with E-state index >= 15 is 0 Å². The van der Waals surface area contributed by atoms with Crippen molar-refractivity contribution in [3.63, 3.8) is 0 Å². The monoisotopic (exact) mass is 247 g/mol. The van der Waals surface area contributed by atoms with Gasteiger partial charge in [0, 0.05) is 18.9 Å². The Balaban J connectivity index is 2.73. The van der Waals surface area contributed by atoms with Gasteiger partial charge in [-0.25, -0.2) is 0 Å². The van der Waals surface area contributed by atoms with Crippen LogP contribution in [0, 0.1) is 25.7 Å². The van der Waals surface area contributed by atoms with Crippen molar-refractivity contribution in [1.29, 1.82) is 0 Å². The molecule has 1 unspecified atom stereocenters. The minimum absolute atomic E-state index is 0.00539. The molecule has 0 radical (unpaired) electrons. The molecule has 0 saturated heterocycles. The Labute approximate surface area is 111 Å². The summed E-state index contributed by atoms with van der Waals surface area (Å²) in [4.78, 5) is 12.2. The molecular formula is C16H25NO. The zero-order valence-corrected chi connectivity index (χ0v) is 12.0. The summed E-state index contributed by atoms with van der Waals surface area (Å²) in [5, 5.41) is 0. The van der Waals surface area contributed by atoms with Gasteiger partial charge < -0.3 is 5.73 Å². The van der Waals surface area contributed by atoms with Crippen LogP contribution in [-0.4, -0.2) is 12.3 Å². The fourth-order valence-electron chi connectivity index (χ4n) is 2.44. The van der Waals surface area contributed by atoms with Gasteiger partial charge in [-0.3, -0.25) is 4.79 Å². The summed E-state index contributed by atoms with van der Waals surface area (Å²) < 4.78 is 0. The SMILES string of the molecule is Cc1cc(C)cc(CC(=O)C(CN)CC(C)C)c1. The van der Waals surface area contributed by atoms with E-state index in [0.717, 1.165) is 12.0 Å². The zero-order valence-electron chi connectivity index (χ0n) is 12.0. The maximum Gasteiger partial charge on any atom is 0.141 e. The smallest absolute Gasteiger partial charge is 0.141 e. The zero-order chi connectivity index (χ0) is 13.7. The Bertz CT molecular complexity index is 389. The van der Waals surface area contributed by atoms with Crippen molar-refractivity contribution < 1.29 is 4.79 Å². The van der Waals surface area contributed by atoms with Crippen molar-refractivity contribution in [3.05, 3.63) is 34.9 Å². The molecule has 0 amide bonds. The number of nitrogens with two attached hydrogens (primary N) is 1. The van der Waals surface area contributed by atoms with Gasteiger partial charge in [0.25, 0.3) is 0 Å². The molecular weight excluding hydrogens is 222 g/mol. The summed E-state index contributed by atoms with van der Waals surface area (Å²) in [7, 11) is 0. The average molecular weight is 247 g/mol. The van der Waals surface area contributed by atoms with Crippen LogP contribution in [0.5, 0.6) is 0 Å². The molecule has 0 bridgehead atoms. The first-order chi connectivity index (χ1) is 8.42. The normalized spacial score (nSPS) is 12.8. The molecule has 2 N–H and O–H groups in total. The van der Waals surface area contributed by atoms with Gasteiger partial charge in [-0.1, -0.05) is 43.2 Å². The minimum Gasteiger partial charge on any atom is -0.330 e. The highest BCUT2D eigenvalue weighted by Gasteiger charge is 2.18. The van der Waals surface area contributed by atoms with Crippen LogP contribution in [0.1, 0.15) is 37.0 Å². The Morgan fingerprint density at radius 2 is 1.72 bits per heavy atom. The second-order valence-corrected chi connectivity index (χ2v) is 5.70. The van der Waals surface area contributed by atoms with Gasteiger partial charge in [0.1, 0.15) is 5.78 Å². The highest BCUT2D eigenvalue weighted by atomic mass is 16.1. The van der Waals surface area contributed by atoms with E-state index in [0.29, 0.717) is 18.9 Å². The van der Waals surface area contributed by atoms with E-state index in [1.807, 2.05) is 0 Å². The lowest BCUT2D eigenvalue weighted by molar-refractivity contribution is -0.122. The Morgan fingerprint density at radius 3 is 2.17 bits per heavy atom. The molecule has 0 fully saturated rings. The molecule has 1 atom stereocenters. The quantitative estimate of drug-likeness (QED) is 0.839. The van der Waals surface area contributed by atoms with Gasteiger partial charge in [0.2, 0.25) is 0 Å². The van der Waals surface area contributed by atoms with Crippen molar-refractivity contribution in [3.8, 4) is 0 Å². The largest absolute Gasteiger partial charge is 0.330 e. The number of benzene rings is 1. The van der Waals surface area contributed by atoms with E-state index in [1.54, 1.807) is 0 Å². The molecule has 100 valence electrons. The highest BCUT2D eigenvalue weighted by Crippen LogP contribution is 2.16. The van der Waals surface area contributed by atoms with E-state index in [2.05, 4.69) is 45.9 Å². The average Bonchev–Trinajstić information content (AvgIpc) is 2.23. The third kappa shape index (κ3) is 4.61. The van der Waals surface area contributed by atoms with Gasteiger partial charge in [0.05, 0.1) is 0 Å². The number of Topliss-reactive ketones (excluding diaryl/α,β-unsaturated/α-hetero) is 1. The first kappa shape index (κ1) is 14.9. The Morgan fingerprint density at radius 1 is 1.17 bits per heavy atom. The summed E-state index contributed by atoms with van der Waals surface area (Å²) in [6.45, 7) is 8.85. The van der Waals surface area contributed by atoms with Crippen molar-refractivity contribution in [2.24, 2.45) is 17.6 Å². The van der Waals surface area contributed by atoms with Crippen molar-refractivity contribution in [2.75, 3.05) is 6.54 Å². The van der Waals surface area contributed by atoms with Gasteiger partial charge in [0.15, 0.2) is 0 Å². The van der Waals surface area contributed by atoms with E-state index in [1.165, 1.54) is 11.1 Å². The maximum atomic E-state index is 12.2. The molecule has 0 saturated carbocycles. The molecule has 0 aliphatic heterocycles. The van der Waals surface area contributed by atoms with E-state index in [9.17, 15) is 4.79 Å². The van der Waals surface area contributed by atoms with Crippen molar-refractivity contribution in [2.45, 2.75) is 40.5 Å². The molecule has 1 aromatic rings. The second-order valence-electron chi connectivity index (χ2n) is 5.70. The molecule has 0 aliphatic rings. The summed E-state index contributed by atoms with van der Waals surface area (Å²) in [6.07, 6.45) is 1.40. The topological polar surface area (TPSA) is 43.1 Å². The van der Waals surface area contributed by atoms with Crippen LogP contribution in [0.3, 0.4) is 0 Å². The summed E-state index contributed by atoms with van der Waals surface area (Å²) in [6, 6.07) is 6.31. The Hall–Kier alpha value is -1.15. The lowest BCUT2D eigenvalue weighted by atomic mass is 9.89. The fourth-order valence-corrected chi connectivity index (χ4v) is 2.44. The van der Waals surface area contributed by atoms with Crippen LogP contribution < -0.4 is 5.73 Å². The number of aryl methyl sites for hydroxylation is 2. The van der Waals surface area contributed by atoms with Crippen LogP contribution in [0.25, 0.3) is 0 Å². The Kier molecular flexibility index (Phi) is 5.54. The van der Waals surface area contributed by atoms with Gasteiger partial charge >= 0.3 is 0 Å². The first-order valence-electron chi connectivity index (χ1n) is 6.72. The van der Waals surface area contributed by atoms with Gasteiger partial charge in [-0.2, -0.15) is 0 Å². The summed E-state index contributed by atoms with van der Waals surface area (Å²) in [5.74, 6) is 0.795. The summed E-state index contributed by atoms with van der Waals surface area (Å²) >= 11 is 0. The fraction of sp³-hybridized carbons (Fsp3) is 0.562. The molecule has 0 aliphatic carbocycles. The van der Waals surface area contributed by atoms with Crippen LogP contribution in [-0.2, 0) is 11.2 Å². The predicted octanol–water partition coefficient (Wildman–Crippen LogP) is 3.04. The molecule has 18 heavy (non-hydrogen) atoms. The third-order valence-electron chi connectivity index (χ3n) is 3.16. The molecule has 0 heterocycles. The molecule has 2 heteroatoms. The number of hydrogen-bond donors (Lipinski definition) is 1. The molecule has 1 aromatic carbocycles.